The smallest absolute Gasteiger partial charge is 0.213 e. The molecule has 1 aliphatic heterocycles. The van der Waals surface area contributed by atoms with Crippen molar-refractivity contribution in [2.45, 2.75) is 18.9 Å². The van der Waals surface area contributed by atoms with E-state index in [0.29, 0.717) is 24.4 Å². The van der Waals surface area contributed by atoms with E-state index in [1.54, 1.807) is 27.8 Å². The first-order valence-electron chi connectivity index (χ1n) is 8.64. The number of aromatic nitrogens is 6. The summed E-state index contributed by atoms with van der Waals surface area (Å²) >= 11 is 0. The highest BCUT2D eigenvalue weighted by Gasteiger charge is 2.31. The second kappa shape index (κ2) is 6.11. The number of halogens is 2. The molecule has 1 aliphatic rings. The summed E-state index contributed by atoms with van der Waals surface area (Å²) in [6.07, 6.45) is 8.52. The zero-order valence-electron chi connectivity index (χ0n) is 14.2. The van der Waals surface area contributed by atoms with E-state index in [1.807, 2.05) is 23.2 Å². The van der Waals surface area contributed by atoms with Crippen LogP contribution in [0, 0.1) is 11.8 Å². The predicted octanol–water partition coefficient (Wildman–Crippen LogP) is 2.93. The molecule has 1 fully saturated rings. The van der Waals surface area contributed by atoms with Crippen molar-refractivity contribution in [3.05, 3.63) is 66.5 Å². The molecule has 0 radical (unpaired) electrons. The first-order chi connectivity index (χ1) is 13.2. The molecule has 136 valence electrons. The number of nitrogens with zero attached hydrogens (tertiary/aromatic N) is 7. The topological polar surface area (TPSA) is 64.1 Å². The van der Waals surface area contributed by atoms with E-state index < -0.39 is 11.8 Å². The average molecular weight is 367 g/mol. The third kappa shape index (κ3) is 2.62. The summed E-state index contributed by atoms with van der Waals surface area (Å²) in [5.74, 6) is -0.515. The van der Waals surface area contributed by atoms with Gasteiger partial charge in [-0.25, -0.2) is 23.6 Å². The van der Waals surface area contributed by atoms with Gasteiger partial charge in [-0.05, 0) is 37.1 Å². The highest BCUT2D eigenvalue weighted by molar-refractivity contribution is 5.61. The molecular weight excluding hydrogens is 352 g/mol. The fourth-order valence-corrected chi connectivity index (χ4v) is 3.57. The maximum Gasteiger partial charge on any atom is 0.213 e. The van der Waals surface area contributed by atoms with Crippen molar-refractivity contribution in [2.24, 2.45) is 0 Å². The Kier molecular flexibility index (Phi) is 3.59. The van der Waals surface area contributed by atoms with E-state index in [9.17, 15) is 8.78 Å². The summed E-state index contributed by atoms with van der Waals surface area (Å²) in [4.78, 5) is 10.5. The van der Waals surface area contributed by atoms with Crippen LogP contribution in [0.5, 0.6) is 0 Å². The van der Waals surface area contributed by atoms with E-state index in [1.165, 1.54) is 0 Å². The summed E-state index contributed by atoms with van der Waals surface area (Å²) in [5, 5.41) is 8.53. The van der Waals surface area contributed by atoms with Crippen LogP contribution in [-0.4, -0.2) is 35.9 Å². The molecule has 1 atom stereocenters. The SMILES string of the molecule is Fc1ccc(F)c([C@H]2CCCN2c2ccn3ncc(-n4cccn4)c3n2)n1. The van der Waals surface area contributed by atoms with Gasteiger partial charge >= 0.3 is 0 Å². The second-order valence-corrected chi connectivity index (χ2v) is 6.39. The zero-order chi connectivity index (χ0) is 18.4. The molecular formula is C18H15F2N7. The van der Waals surface area contributed by atoms with Crippen molar-refractivity contribution in [3.8, 4) is 5.69 Å². The van der Waals surface area contributed by atoms with Crippen molar-refractivity contribution in [1.82, 2.24) is 29.4 Å². The molecule has 0 aromatic carbocycles. The zero-order valence-corrected chi connectivity index (χ0v) is 14.2. The number of hydrogen-bond donors (Lipinski definition) is 0. The third-order valence-electron chi connectivity index (χ3n) is 4.79. The molecule has 0 amide bonds. The normalized spacial score (nSPS) is 17.1. The van der Waals surface area contributed by atoms with Crippen molar-refractivity contribution >= 4 is 11.5 Å². The molecule has 0 saturated carbocycles. The monoisotopic (exact) mass is 367 g/mol. The van der Waals surface area contributed by atoms with Crippen molar-refractivity contribution < 1.29 is 8.78 Å². The van der Waals surface area contributed by atoms with Gasteiger partial charge < -0.3 is 4.90 Å². The van der Waals surface area contributed by atoms with E-state index in [2.05, 4.69) is 15.2 Å². The van der Waals surface area contributed by atoms with Crippen molar-refractivity contribution in [2.75, 3.05) is 11.4 Å². The van der Waals surface area contributed by atoms with E-state index >= 15 is 0 Å². The minimum Gasteiger partial charge on any atom is -0.348 e. The lowest BCUT2D eigenvalue weighted by Crippen LogP contribution is -2.25. The van der Waals surface area contributed by atoms with Gasteiger partial charge in [-0.1, -0.05) is 0 Å². The minimum atomic E-state index is -0.682. The van der Waals surface area contributed by atoms with Crippen LogP contribution in [0.4, 0.5) is 14.6 Å². The molecule has 0 bridgehead atoms. The molecule has 7 nitrogen and oxygen atoms in total. The third-order valence-corrected chi connectivity index (χ3v) is 4.79. The van der Waals surface area contributed by atoms with Gasteiger partial charge in [0.15, 0.2) is 5.65 Å². The fourth-order valence-electron chi connectivity index (χ4n) is 3.57. The van der Waals surface area contributed by atoms with E-state index in [-0.39, 0.29) is 11.7 Å². The van der Waals surface area contributed by atoms with Gasteiger partial charge in [-0.15, -0.1) is 0 Å². The fraction of sp³-hybridized carbons (Fsp3) is 0.222. The maximum absolute atomic E-state index is 14.3. The highest BCUT2D eigenvalue weighted by Crippen LogP contribution is 2.35. The Morgan fingerprint density at radius 2 is 1.96 bits per heavy atom. The van der Waals surface area contributed by atoms with Crippen LogP contribution < -0.4 is 4.90 Å². The van der Waals surface area contributed by atoms with Gasteiger partial charge in [-0.3, -0.25) is 0 Å². The quantitative estimate of drug-likeness (QED) is 0.521. The van der Waals surface area contributed by atoms with Crippen LogP contribution >= 0.6 is 0 Å². The molecule has 0 N–H and O–H groups in total. The van der Waals surface area contributed by atoms with Gasteiger partial charge in [0.05, 0.1) is 12.2 Å². The Hall–Kier alpha value is -3.36. The maximum atomic E-state index is 14.3. The van der Waals surface area contributed by atoms with Crippen molar-refractivity contribution in [1.29, 1.82) is 0 Å². The van der Waals surface area contributed by atoms with Crippen LogP contribution in [-0.2, 0) is 0 Å². The molecule has 5 rings (SSSR count). The molecule has 9 heteroatoms. The number of pyridine rings is 1. The van der Waals surface area contributed by atoms with Crippen LogP contribution in [0.15, 0.2) is 49.1 Å². The van der Waals surface area contributed by atoms with Gasteiger partial charge in [0, 0.05) is 25.1 Å². The first-order valence-corrected chi connectivity index (χ1v) is 8.64. The van der Waals surface area contributed by atoms with Crippen LogP contribution in [0.3, 0.4) is 0 Å². The van der Waals surface area contributed by atoms with Crippen LogP contribution in [0.1, 0.15) is 24.6 Å². The Labute approximate surface area is 152 Å². The molecule has 0 aliphatic carbocycles. The Morgan fingerprint density at radius 1 is 1.04 bits per heavy atom. The molecule has 0 spiro atoms. The van der Waals surface area contributed by atoms with Crippen molar-refractivity contribution in [3.63, 3.8) is 0 Å². The molecule has 27 heavy (non-hydrogen) atoms. The summed E-state index contributed by atoms with van der Waals surface area (Å²) < 4.78 is 31.2. The number of fused-ring (bicyclic) bond motifs is 1. The van der Waals surface area contributed by atoms with E-state index in [0.717, 1.165) is 24.2 Å². The lowest BCUT2D eigenvalue weighted by atomic mass is 10.1. The standard InChI is InChI=1S/C18H15F2N7/c19-12-4-5-15(20)23-17(12)13-3-1-8-25(13)16-6-10-27-18(24-16)14(11-22-27)26-9-2-7-21-26/h2,4-7,9-11,13H,1,3,8H2/t13-/m1/s1. The average Bonchev–Trinajstić information content (AvgIpc) is 3.42. The van der Waals surface area contributed by atoms with Gasteiger partial charge in [-0.2, -0.15) is 14.6 Å². The largest absolute Gasteiger partial charge is 0.348 e. The molecule has 5 heterocycles. The summed E-state index contributed by atoms with van der Waals surface area (Å²) in [6.45, 7) is 0.691. The van der Waals surface area contributed by atoms with Gasteiger partial charge in [0.2, 0.25) is 5.95 Å². The predicted molar refractivity (Wildman–Crippen MR) is 93.6 cm³/mol. The highest BCUT2D eigenvalue weighted by atomic mass is 19.1. The summed E-state index contributed by atoms with van der Waals surface area (Å²) in [6, 6.07) is 5.44. The first kappa shape index (κ1) is 15.9. The van der Waals surface area contributed by atoms with Gasteiger partial charge in [0.1, 0.15) is 23.0 Å². The second-order valence-electron chi connectivity index (χ2n) is 6.39. The van der Waals surface area contributed by atoms with Crippen LogP contribution in [0.25, 0.3) is 11.3 Å². The van der Waals surface area contributed by atoms with Gasteiger partial charge in [0.25, 0.3) is 0 Å². The molecule has 0 unspecified atom stereocenters. The molecule has 1 saturated heterocycles. The Bertz CT molecular complexity index is 1110. The Balaban J connectivity index is 1.58. The number of anilines is 1. The minimum absolute atomic E-state index is 0.120. The summed E-state index contributed by atoms with van der Waals surface area (Å²) in [7, 11) is 0. The van der Waals surface area contributed by atoms with Crippen LogP contribution in [0.2, 0.25) is 0 Å². The Morgan fingerprint density at radius 3 is 2.81 bits per heavy atom. The lowest BCUT2D eigenvalue weighted by Gasteiger charge is -2.25. The molecule has 4 aromatic heterocycles. The number of hydrogen-bond acceptors (Lipinski definition) is 5. The molecule has 4 aromatic rings. The number of rotatable bonds is 3. The van der Waals surface area contributed by atoms with E-state index in [4.69, 9.17) is 4.98 Å². The summed E-state index contributed by atoms with van der Waals surface area (Å²) in [5.41, 5.74) is 1.50. The lowest BCUT2D eigenvalue weighted by molar-refractivity contribution is 0.518.